The second-order valence-electron chi connectivity index (χ2n) is 8.54. The van der Waals surface area contributed by atoms with E-state index in [4.69, 9.17) is 0 Å². The lowest BCUT2D eigenvalue weighted by Crippen LogP contribution is -2.64. The molecule has 3 heterocycles. The average molecular weight is 410 g/mol. The van der Waals surface area contributed by atoms with Crippen molar-refractivity contribution >= 4 is 27.5 Å². The fourth-order valence-corrected chi connectivity index (χ4v) is 5.07. The van der Waals surface area contributed by atoms with E-state index in [1.165, 1.54) is 0 Å². The number of fused-ring (bicyclic) bond motifs is 1. The summed E-state index contributed by atoms with van der Waals surface area (Å²) in [7, 11) is 0. The summed E-state index contributed by atoms with van der Waals surface area (Å²) < 4.78 is 14.3. The molecule has 0 atom stereocenters. The molecule has 0 spiro atoms. The largest absolute Gasteiger partial charge is 0.307 e. The van der Waals surface area contributed by atoms with Gasteiger partial charge in [0.15, 0.2) is 0 Å². The Labute approximate surface area is 156 Å². The molecule has 2 aliphatic heterocycles. The van der Waals surface area contributed by atoms with Crippen molar-refractivity contribution in [3.63, 3.8) is 0 Å². The normalized spacial score (nSPS) is 32.6. The molecule has 2 fully saturated rings. The van der Waals surface area contributed by atoms with Crippen LogP contribution in [-0.4, -0.2) is 46.6 Å². The molecule has 25 heavy (non-hydrogen) atoms. The number of pyridine rings is 1. The zero-order valence-electron chi connectivity index (χ0n) is 15.1. The van der Waals surface area contributed by atoms with Gasteiger partial charge in [-0.25, -0.2) is 4.39 Å². The molecule has 0 unspecified atom stereocenters. The molecule has 4 nitrogen and oxygen atoms in total. The molecule has 1 aromatic heterocycles. The monoisotopic (exact) mass is 409 g/mol. The molecule has 3 aliphatic rings. The standard InChI is InChI=1S/C19H25BrFN3O/c1-18(2)16-15(8-12(20)11-22-16)24(17(18)25)14-9-19(3,10-14)23-6-4-13(21)5-7-23/h8,11,13-14H,4-7,9-10H2,1-3H3/t14-,19+. The van der Waals surface area contributed by atoms with Crippen LogP contribution in [-0.2, 0) is 10.2 Å². The molecule has 1 saturated heterocycles. The highest BCUT2D eigenvalue weighted by Crippen LogP contribution is 2.49. The maximum Gasteiger partial charge on any atom is 0.239 e. The number of alkyl halides is 1. The van der Waals surface area contributed by atoms with Crippen LogP contribution in [0.2, 0.25) is 0 Å². The maximum absolute atomic E-state index is 13.4. The zero-order valence-corrected chi connectivity index (χ0v) is 16.6. The lowest BCUT2D eigenvalue weighted by atomic mass is 9.71. The summed E-state index contributed by atoms with van der Waals surface area (Å²) in [6, 6.07) is 2.22. The van der Waals surface area contributed by atoms with Crippen LogP contribution < -0.4 is 4.90 Å². The van der Waals surface area contributed by atoms with Crippen LogP contribution in [0.3, 0.4) is 0 Å². The Morgan fingerprint density at radius 2 is 1.88 bits per heavy atom. The van der Waals surface area contributed by atoms with Crippen molar-refractivity contribution in [2.45, 2.75) is 69.6 Å². The number of rotatable bonds is 2. The van der Waals surface area contributed by atoms with E-state index in [1.807, 2.05) is 24.8 Å². The fourth-order valence-electron chi connectivity index (χ4n) is 4.75. The summed E-state index contributed by atoms with van der Waals surface area (Å²) in [5, 5.41) is 0. The molecule has 1 amide bonds. The Balaban J connectivity index is 1.55. The number of hydrogen-bond acceptors (Lipinski definition) is 3. The van der Waals surface area contributed by atoms with Gasteiger partial charge < -0.3 is 4.90 Å². The molecule has 0 N–H and O–H groups in total. The third kappa shape index (κ3) is 2.64. The van der Waals surface area contributed by atoms with E-state index < -0.39 is 11.6 Å². The first kappa shape index (κ1) is 17.4. The number of amides is 1. The number of carbonyl (C=O) groups excluding carboxylic acids is 1. The van der Waals surface area contributed by atoms with Crippen LogP contribution >= 0.6 is 15.9 Å². The Morgan fingerprint density at radius 3 is 2.52 bits per heavy atom. The third-order valence-electron chi connectivity index (χ3n) is 6.34. The number of anilines is 1. The predicted octanol–water partition coefficient (Wildman–Crippen LogP) is 3.82. The van der Waals surface area contributed by atoms with Crippen LogP contribution in [0.5, 0.6) is 0 Å². The number of aromatic nitrogens is 1. The van der Waals surface area contributed by atoms with Crippen LogP contribution in [0, 0.1) is 0 Å². The first-order valence-corrected chi connectivity index (χ1v) is 9.90. The van der Waals surface area contributed by atoms with Gasteiger partial charge in [0.05, 0.1) is 16.8 Å². The Hall–Kier alpha value is -1.01. The van der Waals surface area contributed by atoms with E-state index in [2.05, 4.69) is 32.7 Å². The van der Waals surface area contributed by atoms with Gasteiger partial charge in [-0.05, 0) is 68.5 Å². The average Bonchev–Trinajstić information content (AvgIpc) is 2.71. The smallest absolute Gasteiger partial charge is 0.239 e. The second-order valence-corrected chi connectivity index (χ2v) is 9.46. The van der Waals surface area contributed by atoms with Gasteiger partial charge in [-0.15, -0.1) is 0 Å². The predicted molar refractivity (Wildman–Crippen MR) is 99.6 cm³/mol. The van der Waals surface area contributed by atoms with E-state index >= 15 is 0 Å². The summed E-state index contributed by atoms with van der Waals surface area (Å²) in [4.78, 5) is 22.0. The Kier molecular flexibility index (Phi) is 4.00. The highest BCUT2D eigenvalue weighted by atomic mass is 79.9. The zero-order chi connectivity index (χ0) is 18.0. The second kappa shape index (κ2) is 5.74. The van der Waals surface area contributed by atoms with Crippen molar-refractivity contribution in [1.29, 1.82) is 0 Å². The summed E-state index contributed by atoms with van der Waals surface area (Å²) >= 11 is 3.49. The molecule has 136 valence electrons. The maximum atomic E-state index is 13.4. The first-order chi connectivity index (χ1) is 11.7. The Morgan fingerprint density at radius 1 is 1.24 bits per heavy atom. The van der Waals surface area contributed by atoms with Gasteiger partial charge >= 0.3 is 0 Å². The first-order valence-electron chi connectivity index (χ1n) is 9.11. The molecule has 0 radical (unpaired) electrons. The number of carbonyl (C=O) groups is 1. The SMILES string of the molecule is CC1(C)C(=O)N([C@H]2C[C@@](C)(N3CCC(F)CC3)C2)c2cc(Br)cnc21. The van der Waals surface area contributed by atoms with Crippen LogP contribution in [0.1, 0.15) is 52.1 Å². The topological polar surface area (TPSA) is 36.4 Å². The van der Waals surface area contributed by atoms with E-state index in [1.54, 1.807) is 6.20 Å². The van der Waals surface area contributed by atoms with Gasteiger partial charge in [0.2, 0.25) is 5.91 Å². The van der Waals surface area contributed by atoms with Crippen molar-refractivity contribution in [2.24, 2.45) is 0 Å². The summed E-state index contributed by atoms with van der Waals surface area (Å²) in [5.41, 5.74) is 1.32. The van der Waals surface area contributed by atoms with Crippen molar-refractivity contribution in [3.8, 4) is 0 Å². The minimum absolute atomic E-state index is 0.0808. The highest BCUT2D eigenvalue weighted by Gasteiger charge is 2.54. The van der Waals surface area contributed by atoms with Gasteiger partial charge in [-0.2, -0.15) is 0 Å². The lowest BCUT2D eigenvalue weighted by Gasteiger charge is -2.56. The molecular formula is C19H25BrFN3O. The molecule has 4 rings (SSSR count). The number of nitrogens with zero attached hydrogens (tertiary/aromatic N) is 3. The van der Waals surface area contributed by atoms with Crippen molar-refractivity contribution in [3.05, 3.63) is 22.4 Å². The van der Waals surface area contributed by atoms with Crippen LogP contribution in [0.15, 0.2) is 16.7 Å². The van der Waals surface area contributed by atoms with Gasteiger partial charge in [0.25, 0.3) is 0 Å². The van der Waals surface area contributed by atoms with E-state index in [-0.39, 0.29) is 17.5 Å². The highest BCUT2D eigenvalue weighted by molar-refractivity contribution is 9.10. The van der Waals surface area contributed by atoms with Gasteiger partial charge in [0.1, 0.15) is 6.17 Å². The molecule has 6 heteroatoms. The fraction of sp³-hybridized carbons (Fsp3) is 0.684. The van der Waals surface area contributed by atoms with Crippen molar-refractivity contribution in [2.75, 3.05) is 18.0 Å². The molecule has 1 saturated carbocycles. The number of piperidine rings is 1. The Bertz CT molecular complexity index is 709. The lowest BCUT2D eigenvalue weighted by molar-refractivity contribution is -0.124. The van der Waals surface area contributed by atoms with Gasteiger partial charge in [-0.1, -0.05) is 0 Å². The summed E-state index contributed by atoms with van der Waals surface area (Å²) in [6.45, 7) is 7.83. The quantitative estimate of drug-likeness (QED) is 0.744. The van der Waals surface area contributed by atoms with Gasteiger partial charge in [-0.3, -0.25) is 14.7 Å². The summed E-state index contributed by atoms with van der Waals surface area (Å²) in [5.74, 6) is 0.141. The minimum Gasteiger partial charge on any atom is -0.307 e. The van der Waals surface area contributed by atoms with E-state index in [0.717, 1.165) is 41.8 Å². The molecule has 0 aromatic carbocycles. The molecule has 1 aliphatic carbocycles. The summed E-state index contributed by atoms with van der Waals surface area (Å²) in [6.07, 6.45) is 4.27. The molecular weight excluding hydrogens is 385 g/mol. The van der Waals surface area contributed by atoms with Crippen LogP contribution in [0.25, 0.3) is 0 Å². The minimum atomic E-state index is -0.646. The van der Waals surface area contributed by atoms with Crippen LogP contribution in [0.4, 0.5) is 10.1 Å². The molecule has 1 aromatic rings. The van der Waals surface area contributed by atoms with Gasteiger partial charge in [0, 0.05) is 35.3 Å². The number of halogens is 2. The van der Waals surface area contributed by atoms with E-state index in [0.29, 0.717) is 12.8 Å². The molecule has 0 bridgehead atoms. The third-order valence-corrected chi connectivity index (χ3v) is 6.78. The van der Waals surface area contributed by atoms with E-state index in [9.17, 15) is 9.18 Å². The van der Waals surface area contributed by atoms with Crippen molar-refractivity contribution in [1.82, 2.24) is 9.88 Å². The number of likely N-dealkylation sites (tertiary alicyclic amines) is 1. The number of hydrogen-bond donors (Lipinski definition) is 0. The van der Waals surface area contributed by atoms with Crippen molar-refractivity contribution < 1.29 is 9.18 Å².